The van der Waals surface area contributed by atoms with Crippen molar-refractivity contribution in [2.75, 3.05) is 6.61 Å². The van der Waals surface area contributed by atoms with Gasteiger partial charge in [0.25, 0.3) is 5.91 Å². The highest BCUT2D eigenvalue weighted by molar-refractivity contribution is 5.97. The Balaban J connectivity index is 1.63. The van der Waals surface area contributed by atoms with Crippen molar-refractivity contribution in [2.45, 2.75) is 13.0 Å². The molecule has 0 aliphatic heterocycles. The van der Waals surface area contributed by atoms with E-state index in [0.717, 1.165) is 11.1 Å². The van der Waals surface area contributed by atoms with Crippen LogP contribution in [0.1, 0.15) is 34.5 Å². The maximum atomic E-state index is 12.7. The Morgan fingerprint density at radius 1 is 0.926 bits per heavy atom. The summed E-state index contributed by atoms with van der Waals surface area (Å²) < 4.78 is 5.82. The fourth-order valence-corrected chi connectivity index (χ4v) is 2.77. The smallest absolute Gasteiger partial charge is 0.255 e. The van der Waals surface area contributed by atoms with Crippen molar-refractivity contribution in [3.05, 3.63) is 108 Å². The molecule has 0 saturated heterocycles. The molecule has 0 aliphatic rings. The highest BCUT2D eigenvalue weighted by Gasteiger charge is 2.15. The maximum Gasteiger partial charge on any atom is 0.255 e. The first-order valence-electron chi connectivity index (χ1n) is 9.03. The van der Waals surface area contributed by atoms with Gasteiger partial charge in [0.1, 0.15) is 12.4 Å². The Hall–Kier alpha value is -3.33. The van der Waals surface area contributed by atoms with Crippen LogP contribution in [-0.2, 0) is 0 Å². The third-order valence-corrected chi connectivity index (χ3v) is 4.22. The summed E-state index contributed by atoms with van der Waals surface area (Å²) in [7, 11) is 0. The van der Waals surface area contributed by atoms with Crippen LogP contribution in [-0.4, -0.2) is 12.5 Å². The molecule has 0 spiro atoms. The van der Waals surface area contributed by atoms with Crippen LogP contribution in [0, 0.1) is 0 Å². The highest BCUT2D eigenvalue weighted by Crippen LogP contribution is 2.20. The van der Waals surface area contributed by atoms with Crippen molar-refractivity contribution in [1.82, 2.24) is 5.32 Å². The van der Waals surface area contributed by atoms with E-state index in [2.05, 4.69) is 5.32 Å². The second-order valence-electron chi connectivity index (χ2n) is 6.23. The molecule has 0 unspecified atom stereocenters. The molecule has 0 aromatic heterocycles. The molecule has 0 aliphatic carbocycles. The summed E-state index contributed by atoms with van der Waals surface area (Å²) >= 11 is 0. The summed E-state index contributed by atoms with van der Waals surface area (Å²) in [5.74, 6) is 0.432. The van der Waals surface area contributed by atoms with Crippen molar-refractivity contribution < 1.29 is 9.53 Å². The summed E-state index contributed by atoms with van der Waals surface area (Å²) in [6, 6.07) is 27.2. The fourth-order valence-electron chi connectivity index (χ4n) is 2.77. The third kappa shape index (κ3) is 5.32. The van der Waals surface area contributed by atoms with Gasteiger partial charge in [0.05, 0.1) is 11.6 Å². The average Bonchev–Trinajstić information content (AvgIpc) is 2.73. The topological polar surface area (TPSA) is 38.3 Å². The lowest BCUT2D eigenvalue weighted by Gasteiger charge is -2.16. The second kappa shape index (κ2) is 9.39. The highest BCUT2D eigenvalue weighted by atomic mass is 16.5. The Labute approximate surface area is 160 Å². The zero-order valence-electron chi connectivity index (χ0n) is 15.3. The number of rotatable bonds is 7. The Bertz CT molecular complexity index is 889. The molecule has 0 bridgehead atoms. The van der Waals surface area contributed by atoms with E-state index in [-0.39, 0.29) is 11.9 Å². The first kappa shape index (κ1) is 18.5. The van der Waals surface area contributed by atoms with Gasteiger partial charge in [0.15, 0.2) is 0 Å². The number of carbonyl (C=O) groups is 1. The molecule has 3 rings (SSSR count). The van der Waals surface area contributed by atoms with Crippen molar-refractivity contribution in [1.29, 1.82) is 0 Å². The molecule has 0 saturated carbocycles. The van der Waals surface area contributed by atoms with E-state index in [1.165, 1.54) is 0 Å². The quantitative estimate of drug-likeness (QED) is 0.625. The van der Waals surface area contributed by atoms with E-state index in [4.69, 9.17) is 4.74 Å². The van der Waals surface area contributed by atoms with Crippen LogP contribution in [0.2, 0.25) is 0 Å². The normalized spacial score (nSPS) is 11.9. The van der Waals surface area contributed by atoms with Crippen LogP contribution < -0.4 is 10.1 Å². The number of hydrogen-bond acceptors (Lipinski definition) is 2. The van der Waals surface area contributed by atoms with E-state index < -0.39 is 0 Å². The van der Waals surface area contributed by atoms with Crippen LogP contribution in [0.5, 0.6) is 5.75 Å². The monoisotopic (exact) mass is 357 g/mol. The minimum absolute atomic E-state index is 0.0790. The predicted molar refractivity (Wildman–Crippen MR) is 110 cm³/mol. The zero-order valence-corrected chi connectivity index (χ0v) is 15.3. The van der Waals surface area contributed by atoms with Crippen LogP contribution in [0.3, 0.4) is 0 Å². The molecule has 1 N–H and O–H groups in total. The minimum atomic E-state index is -0.144. The van der Waals surface area contributed by atoms with E-state index in [9.17, 15) is 4.79 Å². The number of carbonyl (C=O) groups excluding carboxylic acids is 1. The molecular formula is C24H23NO2. The lowest BCUT2D eigenvalue weighted by molar-refractivity contribution is 0.0936. The fraction of sp³-hybridized carbons (Fsp3) is 0.125. The molecule has 3 heteroatoms. The van der Waals surface area contributed by atoms with E-state index >= 15 is 0 Å². The lowest BCUT2D eigenvalue weighted by atomic mass is 10.1. The van der Waals surface area contributed by atoms with E-state index in [1.807, 2.05) is 97.9 Å². The standard InChI is InChI=1S/C24H23NO2/c1-19(21-14-6-3-7-15-21)25-24(26)22-16-8-9-17-23(22)27-18-10-13-20-11-4-2-5-12-20/h2-17,19H,18H2,1H3,(H,25,26)/b13-10+/t19-/m1/s1. The SMILES string of the molecule is C[C@@H](NC(=O)c1ccccc1OC/C=C/c1ccccc1)c1ccccc1. The number of nitrogens with one attached hydrogen (secondary N) is 1. The molecular weight excluding hydrogens is 334 g/mol. The molecule has 3 aromatic carbocycles. The summed E-state index contributed by atoms with van der Waals surface area (Å²) in [4.78, 5) is 12.7. The molecule has 3 nitrogen and oxygen atoms in total. The molecule has 3 aromatic rings. The molecule has 136 valence electrons. The van der Waals surface area contributed by atoms with Gasteiger partial charge < -0.3 is 10.1 Å². The van der Waals surface area contributed by atoms with E-state index in [1.54, 1.807) is 6.07 Å². The molecule has 0 radical (unpaired) electrons. The number of hydrogen-bond donors (Lipinski definition) is 1. The van der Waals surface area contributed by atoms with Crippen LogP contribution >= 0.6 is 0 Å². The Morgan fingerprint density at radius 3 is 2.30 bits per heavy atom. The molecule has 0 fully saturated rings. The zero-order chi connectivity index (χ0) is 18.9. The van der Waals surface area contributed by atoms with Crippen LogP contribution in [0.25, 0.3) is 6.08 Å². The summed E-state index contributed by atoms with van der Waals surface area (Å²) in [5.41, 5.74) is 2.72. The number of para-hydroxylation sites is 1. The van der Waals surface area contributed by atoms with Crippen molar-refractivity contribution >= 4 is 12.0 Å². The maximum absolute atomic E-state index is 12.7. The second-order valence-corrected chi connectivity index (χ2v) is 6.23. The molecule has 1 atom stereocenters. The van der Waals surface area contributed by atoms with Crippen molar-refractivity contribution in [2.24, 2.45) is 0 Å². The van der Waals surface area contributed by atoms with Gasteiger partial charge in [-0.2, -0.15) is 0 Å². The van der Waals surface area contributed by atoms with Gasteiger partial charge in [-0.15, -0.1) is 0 Å². The summed E-state index contributed by atoms with van der Waals surface area (Å²) in [6.07, 6.45) is 3.94. The van der Waals surface area contributed by atoms with Crippen LogP contribution in [0.4, 0.5) is 0 Å². The first-order valence-corrected chi connectivity index (χ1v) is 9.03. The average molecular weight is 357 g/mol. The third-order valence-electron chi connectivity index (χ3n) is 4.22. The number of benzene rings is 3. The minimum Gasteiger partial charge on any atom is -0.489 e. The van der Waals surface area contributed by atoms with Crippen molar-refractivity contribution in [3.8, 4) is 5.75 Å². The molecule has 27 heavy (non-hydrogen) atoms. The van der Waals surface area contributed by atoms with Gasteiger partial charge in [-0.3, -0.25) is 4.79 Å². The van der Waals surface area contributed by atoms with Gasteiger partial charge in [0, 0.05) is 0 Å². The first-order chi connectivity index (χ1) is 13.2. The Morgan fingerprint density at radius 2 is 1.56 bits per heavy atom. The predicted octanol–water partition coefficient (Wildman–Crippen LogP) is 5.27. The summed E-state index contributed by atoms with van der Waals surface area (Å²) in [6.45, 7) is 2.37. The van der Waals surface area contributed by atoms with Gasteiger partial charge >= 0.3 is 0 Å². The summed E-state index contributed by atoms with van der Waals surface area (Å²) in [5, 5.41) is 3.03. The molecule has 0 heterocycles. The van der Waals surface area contributed by atoms with Gasteiger partial charge in [-0.1, -0.05) is 78.9 Å². The Kier molecular flexibility index (Phi) is 6.42. The largest absolute Gasteiger partial charge is 0.489 e. The van der Waals surface area contributed by atoms with Crippen molar-refractivity contribution in [3.63, 3.8) is 0 Å². The van der Waals surface area contributed by atoms with Crippen LogP contribution in [0.15, 0.2) is 91.0 Å². The van der Waals surface area contributed by atoms with Gasteiger partial charge in [0.2, 0.25) is 0 Å². The van der Waals surface area contributed by atoms with Gasteiger partial charge in [-0.05, 0) is 36.3 Å². The lowest BCUT2D eigenvalue weighted by Crippen LogP contribution is -2.27. The molecule has 1 amide bonds. The van der Waals surface area contributed by atoms with E-state index in [0.29, 0.717) is 17.9 Å². The number of ether oxygens (including phenoxy) is 1. The van der Waals surface area contributed by atoms with Gasteiger partial charge in [-0.25, -0.2) is 0 Å². The number of amides is 1.